The standard InChI is InChI=1S/C16H13FN4/c1-11(19-20-18)16-9-12-5-2-3-8-15(12)21(16)14-7-4-6-13(17)10-14/h2-11H,1H3. The van der Waals surface area contributed by atoms with Crippen LogP contribution >= 0.6 is 0 Å². The van der Waals surface area contributed by atoms with Crippen LogP contribution in [-0.2, 0) is 0 Å². The fourth-order valence-corrected chi connectivity index (χ4v) is 2.52. The summed E-state index contributed by atoms with van der Waals surface area (Å²) in [6.45, 7) is 1.82. The first-order chi connectivity index (χ1) is 10.2. The Labute approximate surface area is 121 Å². The monoisotopic (exact) mass is 280 g/mol. The molecule has 2 aromatic carbocycles. The Morgan fingerprint density at radius 3 is 2.71 bits per heavy atom. The lowest BCUT2D eigenvalue weighted by Gasteiger charge is -2.13. The fourth-order valence-electron chi connectivity index (χ4n) is 2.52. The number of halogens is 1. The van der Waals surface area contributed by atoms with Gasteiger partial charge in [-0.1, -0.05) is 36.3 Å². The number of hydrogen-bond donors (Lipinski definition) is 0. The second-order valence-electron chi connectivity index (χ2n) is 4.82. The maximum atomic E-state index is 13.5. The Morgan fingerprint density at radius 1 is 1.14 bits per heavy atom. The second kappa shape index (κ2) is 5.31. The van der Waals surface area contributed by atoms with Crippen molar-refractivity contribution in [2.75, 3.05) is 0 Å². The van der Waals surface area contributed by atoms with Gasteiger partial charge in [-0.05, 0) is 35.9 Å². The largest absolute Gasteiger partial charge is 0.313 e. The van der Waals surface area contributed by atoms with Gasteiger partial charge in [0, 0.05) is 21.7 Å². The van der Waals surface area contributed by atoms with Gasteiger partial charge in [0.15, 0.2) is 0 Å². The molecule has 0 radical (unpaired) electrons. The second-order valence-corrected chi connectivity index (χ2v) is 4.82. The molecule has 3 rings (SSSR count). The van der Waals surface area contributed by atoms with Gasteiger partial charge in [-0.3, -0.25) is 0 Å². The first-order valence-electron chi connectivity index (χ1n) is 6.61. The van der Waals surface area contributed by atoms with Crippen molar-refractivity contribution in [2.45, 2.75) is 13.0 Å². The first-order valence-corrected chi connectivity index (χ1v) is 6.61. The summed E-state index contributed by atoms with van der Waals surface area (Å²) in [6.07, 6.45) is 0. The van der Waals surface area contributed by atoms with Gasteiger partial charge in [-0.25, -0.2) is 4.39 Å². The summed E-state index contributed by atoms with van der Waals surface area (Å²) in [5.41, 5.74) is 11.2. The molecule has 4 nitrogen and oxygen atoms in total. The Bertz CT molecular complexity index is 846. The molecule has 104 valence electrons. The fraction of sp³-hybridized carbons (Fsp3) is 0.125. The van der Waals surface area contributed by atoms with Crippen molar-refractivity contribution < 1.29 is 4.39 Å². The Kier molecular flexibility index (Phi) is 3.34. The van der Waals surface area contributed by atoms with Crippen LogP contribution in [-0.4, -0.2) is 4.57 Å². The van der Waals surface area contributed by atoms with Crippen molar-refractivity contribution in [1.82, 2.24) is 4.57 Å². The molecule has 0 aliphatic heterocycles. The highest BCUT2D eigenvalue weighted by Crippen LogP contribution is 2.30. The third-order valence-electron chi connectivity index (χ3n) is 3.46. The van der Waals surface area contributed by atoms with E-state index in [0.717, 1.165) is 16.6 Å². The van der Waals surface area contributed by atoms with E-state index in [1.807, 2.05) is 47.9 Å². The van der Waals surface area contributed by atoms with E-state index in [-0.39, 0.29) is 11.9 Å². The molecule has 0 fully saturated rings. The quantitative estimate of drug-likeness (QED) is 0.362. The average molecular weight is 280 g/mol. The molecular formula is C16H13FN4. The summed E-state index contributed by atoms with van der Waals surface area (Å²) in [7, 11) is 0. The zero-order valence-electron chi connectivity index (χ0n) is 11.4. The highest BCUT2D eigenvalue weighted by atomic mass is 19.1. The number of rotatable bonds is 3. The maximum absolute atomic E-state index is 13.5. The lowest BCUT2D eigenvalue weighted by atomic mass is 10.2. The van der Waals surface area contributed by atoms with Crippen molar-refractivity contribution in [3.63, 3.8) is 0 Å². The maximum Gasteiger partial charge on any atom is 0.125 e. The predicted octanol–water partition coefficient (Wildman–Crippen LogP) is 5.14. The topological polar surface area (TPSA) is 53.7 Å². The number of azide groups is 1. The molecule has 3 aromatic rings. The molecule has 0 saturated carbocycles. The SMILES string of the molecule is CC(N=[N+]=[N-])c1cc2ccccc2n1-c1cccc(F)c1. The molecule has 1 aromatic heterocycles. The van der Waals surface area contributed by atoms with Gasteiger partial charge < -0.3 is 4.57 Å². The molecule has 0 bridgehead atoms. The minimum atomic E-state index is -0.342. The van der Waals surface area contributed by atoms with E-state index in [9.17, 15) is 4.39 Å². The minimum Gasteiger partial charge on any atom is -0.313 e. The normalized spacial score (nSPS) is 12.1. The van der Waals surface area contributed by atoms with Crippen LogP contribution in [0.1, 0.15) is 18.7 Å². The summed E-state index contributed by atoms with van der Waals surface area (Å²) in [5.74, 6) is -0.298. The van der Waals surface area contributed by atoms with Crippen molar-refractivity contribution in [3.05, 3.63) is 76.6 Å². The zero-order chi connectivity index (χ0) is 14.8. The van der Waals surface area contributed by atoms with Crippen LogP contribution in [0.5, 0.6) is 0 Å². The van der Waals surface area contributed by atoms with Gasteiger partial charge in [-0.15, -0.1) is 0 Å². The molecule has 1 atom stereocenters. The Morgan fingerprint density at radius 2 is 1.95 bits per heavy atom. The van der Waals surface area contributed by atoms with Crippen molar-refractivity contribution in [3.8, 4) is 5.69 Å². The Balaban J connectivity index is 2.32. The third-order valence-corrected chi connectivity index (χ3v) is 3.46. The summed E-state index contributed by atoms with van der Waals surface area (Å²) in [6, 6.07) is 15.8. The molecule has 0 amide bonds. The number of fused-ring (bicyclic) bond motifs is 1. The number of aromatic nitrogens is 1. The molecule has 0 saturated heterocycles. The van der Waals surface area contributed by atoms with E-state index >= 15 is 0 Å². The van der Waals surface area contributed by atoms with E-state index < -0.39 is 0 Å². The zero-order valence-corrected chi connectivity index (χ0v) is 11.4. The van der Waals surface area contributed by atoms with Crippen LogP contribution < -0.4 is 0 Å². The number of para-hydroxylation sites is 1. The van der Waals surface area contributed by atoms with Crippen LogP contribution in [0.2, 0.25) is 0 Å². The molecular weight excluding hydrogens is 267 g/mol. The summed E-state index contributed by atoms with van der Waals surface area (Å²) < 4.78 is 15.5. The van der Waals surface area contributed by atoms with E-state index in [0.29, 0.717) is 5.69 Å². The summed E-state index contributed by atoms with van der Waals surface area (Å²) >= 11 is 0. The minimum absolute atomic E-state index is 0.298. The summed E-state index contributed by atoms with van der Waals surface area (Å²) in [5, 5.41) is 4.79. The van der Waals surface area contributed by atoms with Crippen molar-refractivity contribution in [2.24, 2.45) is 5.11 Å². The van der Waals surface area contributed by atoms with Crippen LogP contribution in [0.4, 0.5) is 4.39 Å². The molecule has 5 heteroatoms. The lowest BCUT2D eigenvalue weighted by Crippen LogP contribution is -2.02. The van der Waals surface area contributed by atoms with Crippen LogP contribution in [0.25, 0.3) is 27.0 Å². The van der Waals surface area contributed by atoms with E-state index in [2.05, 4.69) is 10.0 Å². The third kappa shape index (κ3) is 2.35. The highest BCUT2D eigenvalue weighted by molar-refractivity contribution is 5.83. The Hall–Kier alpha value is -2.78. The van der Waals surface area contributed by atoms with Gasteiger partial charge in [0.25, 0.3) is 0 Å². The highest BCUT2D eigenvalue weighted by Gasteiger charge is 2.15. The lowest BCUT2D eigenvalue weighted by molar-refractivity contribution is 0.626. The van der Waals surface area contributed by atoms with Crippen LogP contribution in [0.3, 0.4) is 0 Å². The van der Waals surface area contributed by atoms with Crippen LogP contribution in [0.15, 0.2) is 59.7 Å². The molecule has 1 unspecified atom stereocenters. The van der Waals surface area contributed by atoms with E-state index in [1.165, 1.54) is 12.1 Å². The van der Waals surface area contributed by atoms with E-state index in [4.69, 9.17) is 5.53 Å². The molecule has 0 aliphatic rings. The van der Waals surface area contributed by atoms with Crippen molar-refractivity contribution >= 4 is 10.9 Å². The van der Waals surface area contributed by atoms with Crippen LogP contribution in [0, 0.1) is 5.82 Å². The molecule has 0 N–H and O–H groups in total. The van der Waals surface area contributed by atoms with Gasteiger partial charge >= 0.3 is 0 Å². The average Bonchev–Trinajstić information content (AvgIpc) is 2.87. The first kappa shape index (κ1) is 13.2. The van der Waals surface area contributed by atoms with Gasteiger partial charge in [0.2, 0.25) is 0 Å². The van der Waals surface area contributed by atoms with E-state index in [1.54, 1.807) is 6.07 Å². The molecule has 0 aliphatic carbocycles. The molecule has 21 heavy (non-hydrogen) atoms. The number of benzene rings is 2. The predicted molar refractivity (Wildman–Crippen MR) is 80.8 cm³/mol. The van der Waals surface area contributed by atoms with Crippen molar-refractivity contribution in [1.29, 1.82) is 0 Å². The smallest absolute Gasteiger partial charge is 0.125 e. The number of hydrogen-bond acceptors (Lipinski definition) is 1. The molecule has 0 spiro atoms. The van der Waals surface area contributed by atoms with Gasteiger partial charge in [0.1, 0.15) is 5.82 Å². The van der Waals surface area contributed by atoms with Gasteiger partial charge in [0.05, 0.1) is 11.6 Å². The van der Waals surface area contributed by atoms with Gasteiger partial charge in [-0.2, -0.15) is 0 Å². The molecule has 1 heterocycles. The number of nitrogens with zero attached hydrogens (tertiary/aromatic N) is 4. The summed E-state index contributed by atoms with van der Waals surface area (Å²) in [4.78, 5) is 2.87.